The molecule has 9 heteroatoms. The molecule has 2 amide bonds. The molecule has 5 aliphatic rings. The lowest BCUT2D eigenvalue weighted by molar-refractivity contribution is -0.151. The summed E-state index contributed by atoms with van der Waals surface area (Å²) in [6.45, 7) is 2.41. The summed E-state index contributed by atoms with van der Waals surface area (Å²) in [6.07, 6.45) is 17.3. The highest BCUT2D eigenvalue weighted by molar-refractivity contribution is 5.98. The van der Waals surface area contributed by atoms with Gasteiger partial charge in [-0.3, -0.25) is 14.4 Å². The zero-order valence-corrected chi connectivity index (χ0v) is 28.4. The summed E-state index contributed by atoms with van der Waals surface area (Å²) in [6, 6.07) is 2.60. The molecule has 0 heterocycles. The van der Waals surface area contributed by atoms with E-state index in [1.54, 1.807) is 6.92 Å². The van der Waals surface area contributed by atoms with Crippen LogP contribution in [0.5, 0.6) is 11.5 Å². The van der Waals surface area contributed by atoms with Crippen LogP contribution in [0, 0.1) is 46.7 Å². The van der Waals surface area contributed by atoms with Gasteiger partial charge in [0.25, 0.3) is 5.91 Å². The molecular weight excluding hydrogens is 599 g/mol. The Labute approximate surface area is 279 Å². The largest absolute Gasteiger partial charge is 0.496 e. The zero-order chi connectivity index (χ0) is 33.1. The lowest BCUT2D eigenvalue weighted by Gasteiger charge is -2.38. The molecule has 1 aromatic rings. The van der Waals surface area contributed by atoms with Gasteiger partial charge in [-0.15, -0.1) is 0 Å². The number of carbonyl (C=O) groups excluding carboxylic acids is 2. The van der Waals surface area contributed by atoms with Crippen molar-refractivity contribution in [1.82, 2.24) is 10.6 Å². The number of ether oxygens (including phenoxy) is 2. The molecule has 6 atom stereocenters. The molecule has 0 aliphatic heterocycles. The molecule has 1 aromatic carbocycles. The maximum atomic E-state index is 16.1. The third-order valence-electron chi connectivity index (χ3n) is 12.8. The van der Waals surface area contributed by atoms with Crippen LogP contribution in [0.1, 0.15) is 126 Å². The van der Waals surface area contributed by atoms with Gasteiger partial charge in [0.2, 0.25) is 5.91 Å². The van der Waals surface area contributed by atoms with Crippen LogP contribution in [0.3, 0.4) is 0 Å². The number of hydrogen-bond donors (Lipinski definition) is 3. The Kier molecular flexibility index (Phi) is 10.7. The standard InChI is InChI=1S/C38H55FN2O6/c1-38(37(44)45)19-9-14-27(21-38)47-30-18-17-29(46-2)32(33(30)39)36(43)41-34-26-16-15-25(20-26)31(34)35(42)40-22-28(23-10-5-3-6-11-23)24-12-7-4-8-13-24/h17-18,23-28,31,34H,3-16,19-22H2,1-2H3,(H,40,42)(H,41,43)(H,44,45)/t25-,26+,27?,31+,34-,38?/m1/s1. The minimum Gasteiger partial charge on any atom is -0.496 e. The van der Waals surface area contributed by atoms with Crippen LogP contribution in [0.2, 0.25) is 0 Å². The second kappa shape index (κ2) is 14.7. The first kappa shape index (κ1) is 34.0. The Morgan fingerprint density at radius 1 is 0.915 bits per heavy atom. The molecule has 47 heavy (non-hydrogen) atoms. The van der Waals surface area contributed by atoms with Crippen LogP contribution < -0.4 is 20.1 Å². The number of fused-ring (bicyclic) bond motifs is 2. The third-order valence-corrected chi connectivity index (χ3v) is 12.8. The summed E-state index contributed by atoms with van der Waals surface area (Å²) in [4.78, 5) is 39.7. The van der Waals surface area contributed by atoms with Crippen LogP contribution in [0.15, 0.2) is 12.1 Å². The molecule has 260 valence electrons. The second-order valence-electron chi connectivity index (χ2n) is 15.7. The lowest BCUT2D eigenvalue weighted by Crippen LogP contribution is -2.51. The topological polar surface area (TPSA) is 114 Å². The van der Waals surface area contributed by atoms with Crippen molar-refractivity contribution in [1.29, 1.82) is 0 Å². The van der Waals surface area contributed by atoms with Gasteiger partial charge < -0.3 is 25.2 Å². The average Bonchev–Trinajstić information content (AvgIpc) is 3.69. The first-order valence-electron chi connectivity index (χ1n) is 18.5. The number of carbonyl (C=O) groups is 3. The van der Waals surface area contributed by atoms with Gasteiger partial charge in [-0.05, 0) is 87.2 Å². The van der Waals surface area contributed by atoms with E-state index in [2.05, 4.69) is 10.6 Å². The summed E-state index contributed by atoms with van der Waals surface area (Å²) < 4.78 is 27.5. The first-order chi connectivity index (χ1) is 22.7. The van der Waals surface area contributed by atoms with Crippen LogP contribution in [0.25, 0.3) is 0 Å². The second-order valence-corrected chi connectivity index (χ2v) is 15.7. The fraction of sp³-hybridized carbons (Fsp3) is 0.763. The Morgan fingerprint density at radius 3 is 2.19 bits per heavy atom. The van der Waals surface area contributed by atoms with E-state index in [0.29, 0.717) is 43.6 Å². The van der Waals surface area contributed by atoms with Gasteiger partial charge in [0.15, 0.2) is 11.6 Å². The monoisotopic (exact) mass is 654 g/mol. The van der Waals surface area contributed by atoms with Crippen LogP contribution >= 0.6 is 0 Å². The number of hydrogen-bond acceptors (Lipinski definition) is 5. The molecule has 2 bridgehead atoms. The predicted octanol–water partition coefficient (Wildman–Crippen LogP) is 7.28. The van der Waals surface area contributed by atoms with Crippen molar-refractivity contribution >= 4 is 17.8 Å². The molecule has 0 aromatic heterocycles. The van der Waals surface area contributed by atoms with E-state index in [-0.39, 0.29) is 53.2 Å². The third kappa shape index (κ3) is 7.29. The van der Waals surface area contributed by atoms with Crippen LogP contribution in [0.4, 0.5) is 4.39 Å². The minimum absolute atomic E-state index is 0.0300. The molecule has 8 nitrogen and oxygen atoms in total. The molecule has 5 fully saturated rings. The lowest BCUT2D eigenvalue weighted by atomic mass is 9.69. The highest BCUT2D eigenvalue weighted by Gasteiger charge is 2.52. The molecule has 5 saturated carbocycles. The predicted molar refractivity (Wildman–Crippen MR) is 177 cm³/mol. The average molecular weight is 655 g/mol. The Balaban J connectivity index is 1.15. The summed E-state index contributed by atoms with van der Waals surface area (Å²) in [5.74, 6) is -0.346. The van der Waals surface area contributed by atoms with E-state index in [1.165, 1.54) is 83.5 Å². The summed E-state index contributed by atoms with van der Waals surface area (Å²) in [5, 5.41) is 16.2. The van der Waals surface area contributed by atoms with Crippen molar-refractivity contribution in [3.8, 4) is 11.5 Å². The van der Waals surface area contributed by atoms with Gasteiger partial charge in [-0.25, -0.2) is 4.39 Å². The number of nitrogens with one attached hydrogen (secondary N) is 2. The SMILES string of the molecule is COc1ccc(OC2CCCC(C)(C(=O)O)C2)c(F)c1C(=O)N[C@@H]1[C@H]2CC[C@H](C2)[C@@H]1C(=O)NCC(C1CCCCC1)C1CCCCC1. The molecule has 6 rings (SSSR count). The summed E-state index contributed by atoms with van der Waals surface area (Å²) in [7, 11) is 1.40. The number of rotatable bonds is 11. The Morgan fingerprint density at radius 2 is 1.55 bits per heavy atom. The molecule has 2 unspecified atom stereocenters. The van der Waals surface area contributed by atoms with Crippen molar-refractivity contribution in [3.63, 3.8) is 0 Å². The van der Waals surface area contributed by atoms with Crippen molar-refractivity contribution in [2.75, 3.05) is 13.7 Å². The van der Waals surface area contributed by atoms with Crippen molar-refractivity contribution in [2.45, 2.75) is 128 Å². The fourth-order valence-electron chi connectivity index (χ4n) is 10.2. The number of amides is 2. The van der Waals surface area contributed by atoms with Gasteiger partial charge >= 0.3 is 5.97 Å². The number of benzene rings is 1. The molecule has 0 saturated heterocycles. The Bertz CT molecular complexity index is 1270. The smallest absolute Gasteiger partial charge is 0.309 e. The summed E-state index contributed by atoms with van der Waals surface area (Å²) >= 11 is 0. The van der Waals surface area contributed by atoms with Crippen molar-refractivity contribution in [2.24, 2.45) is 40.9 Å². The fourth-order valence-corrected chi connectivity index (χ4v) is 10.2. The van der Waals surface area contributed by atoms with E-state index < -0.39 is 29.2 Å². The maximum absolute atomic E-state index is 16.1. The first-order valence-corrected chi connectivity index (χ1v) is 18.5. The van der Waals surface area contributed by atoms with Crippen LogP contribution in [-0.4, -0.2) is 48.7 Å². The van der Waals surface area contributed by atoms with Gasteiger partial charge in [-0.1, -0.05) is 64.2 Å². The molecule has 3 N–H and O–H groups in total. The summed E-state index contributed by atoms with van der Waals surface area (Å²) in [5.41, 5.74) is -1.17. The number of carboxylic acid groups (broad SMARTS) is 1. The highest BCUT2D eigenvalue weighted by Crippen LogP contribution is 2.49. The van der Waals surface area contributed by atoms with Crippen molar-refractivity contribution < 1.29 is 33.4 Å². The molecule has 0 spiro atoms. The van der Waals surface area contributed by atoms with Gasteiger partial charge in [0.1, 0.15) is 11.3 Å². The highest BCUT2D eigenvalue weighted by atomic mass is 19.1. The molecular formula is C38H55FN2O6. The maximum Gasteiger partial charge on any atom is 0.309 e. The van der Waals surface area contributed by atoms with E-state index in [4.69, 9.17) is 9.47 Å². The van der Waals surface area contributed by atoms with Crippen LogP contribution in [-0.2, 0) is 9.59 Å². The van der Waals surface area contributed by atoms with Gasteiger partial charge in [-0.2, -0.15) is 0 Å². The quantitative estimate of drug-likeness (QED) is 0.231. The molecule has 0 radical (unpaired) electrons. The number of methoxy groups -OCH3 is 1. The number of aliphatic carboxylic acids is 1. The van der Waals surface area contributed by atoms with Gasteiger partial charge in [0.05, 0.1) is 24.5 Å². The minimum atomic E-state index is -0.934. The van der Waals surface area contributed by atoms with Crippen molar-refractivity contribution in [3.05, 3.63) is 23.5 Å². The number of carboxylic acids is 1. The van der Waals surface area contributed by atoms with E-state index >= 15 is 4.39 Å². The van der Waals surface area contributed by atoms with Gasteiger partial charge in [0, 0.05) is 19.0 Å². The van der Waals surface area contributed by atoms with E-state index in [9.17, 15) is 19.5 Å². The normalized spacial score (nSPS) is 31.4. The molecule has 5 aliphatic carbocycles. The Hall–Kier alpha value is -2.84. The number of halogens is 1. The zero-order valence-electron chi connectivity index (χ0n) is 28.4. The van der Waals surface area contributed by atoms with E-state index in [1.807, 2.05) is 0 Å². The van der Waals surface area contributed by atoms with E-state index in [0.717, 1.165) is 19.3 Å².